The number of piperidine rings is 1. The van der Waals surface area contributed by atoms with Crippen molar-refractivity contribution in [3.8, 4) is 0 Å². The Labute approximate surface area is 166 Å². The number of benzene rings is 1. The van der Waals surface area contributed by atoms with Crippen LogP contribution in [0, 0.1) is 0 Å². The second-order valence-corrected chi connectivity index (χ2v) is 8.23. The molecule has 0 aliphatic carbocycles. The Morgan fingerprint density at radius 2 is 2.04 bits per heavy atom. The fraction of sp³-hybridized carbons (Fsp3) is 0.545. The molecule has 0 spiro atoms. The summed E-state index contributed by atoms with van der Waals surface area (Å²) in [6.45, 7) is 4.39. The number of alkyl halides is 1. The minimum atomic E-state index is -0.867. The molecule has 2 atom stereocenters. The van der Waals surface area contributed by atoms with E-state index in [1.165, 1.54) is 0 Å². The van der Waals surface area contributed by atoms with Crippen molar-refractivity contribution >= 4 is 22.5 Å². The number of rotatable bonds is 4. The molecular formula is C22H29FN4O. The summed E-state index contributed by atoms with van der Waals surface area (Å²) in [7, 11) is 2.13. The summed E-state index contributed by atoms with van der Waals surface area (Å²) in [5.74, 6) is 0.0678. The molecule has 2 fully saturated rings. The van der Waals surface area contributed by atoms with Crippen molar-refractivity contribution in [1.29, 1.82) is 0 Å². The van der Waals surface area contributed by atoms with Crippen LogP contribution in [0.25, 0.3) is 10.9 Å². The van der Waals surface area contributed by atoms with Gasteiger partial charge in [0.2, 0.25) is 5.91 Å². The first-order valence-electron chi connectivity index (χ1n) is 10.2. The molecule has 5 nitrogen and oxygen atoms in total. The SMILES string of the molecule is C[C@@H]1C[C@H](F)CN1C(=O)CN1CCC(N(C)c2cnc3ccccc3c2)CC1. The van der Waals surface area contributed by atoms with Gasteiger partial charge in [0.15, 0.2) is 0 Å². The van der Waals surface area contributed by atoms with Crippen LogP contribution in [0.3, 0.4) is 0 Å². The molecule has 2 saturated heterocycles. The highest BCUT2D eigenvalue weighted by Crippen LogP contribution is 2.25. The molecular weight excluding hydrogens is 355 g/mol. The van der Waals surface area contributed by atoms with Gasteiger partial charge in [0.25, 0.3) is 0 Å². The van der Waals surface area contributed by atoms with Gasteiger partial charge in [-0.05, 0) is 31.9 Å². The molecule has 150 valence electrons. The number of hydrogen-bond donors (Lipinski definition) is 0. The molecule has 0 unspecified atom stereocenters. The summed E-state index contributed by atoms with van der Waals surface area (Å²) in [5, 5.41) is 1.15. The fourth-order valence-corrected chi connectivity index (χ4v) is 4.52. The monoisotopic (exact) mass is 384 g/mol. The number of carbonyl (C=O) groups is 1. The van der Waals surface area contributed by atoms with Crippen molar-refractivity contribution in [3.63, 3.8) is 0 Å². The van der Waals surface area contributed by atoms with Crippen LogP contribution in [0.2, 0.25) is 0 Å². The minimum absolute atomic E-state index is 0.0200. The number of nitrogens with zero attached hydrogens (tertiary/aromatic N) is 4. The van der Waals surface area contributed by atoms with Crippen molar-refractivity contribution in [3.05, 3.63) is 36.5 Å². The highest BCUT2D eigenvalue weighted by molar-refractivity contribution is 5.81. The van der Waals surface area contributed by atoms with Gasteiger partial charge in [0.05, 0.1) is 30.5 Å². The quantitative estimate of drug-likeness (QED) is 0.812. The third-order valence-corrected chi connectivity index (χ3v) is 6.29. The van der Waals surface area contributed by atoms with E-state index in [4.69, 9.17) is 0 Å². The number of amides is 1. The van der Waals surface area contributed by atoms with Gasteiger partial charge in [-0.15, -0.1) is 0 Å². The van der Waals surface area contributed by atoms with Crippen LogP contribution >= 0.6 is 0 Å². The van der Waals surface area contributed by atoms with E-state index in [0.29, 0.717) is 19.0 Å². The standard InChI is InChI=1S/C22H29FN4O/c1-16-11-18(23)14-27(16)22(28)15-26-9-7-19(8-10-26)25(2)20-12-17-5-3-4-6-21(17)24-13-20/h3-6,12-13,16,18-19H,7-11,14-15H2,1-2H3/t16-,18+/m1/s1. The first-order chi connectivity index (χ1) is 13.5. The van der Waals surface area contributed by atoms with E-state index < -0.39 is 6.17 Å². The molecule has 0 bridgehead atoms. The van der Waals surface area contributed by atoms with Crippen molar-refractivity contribution < 1.29 is 9.18 Å². The summed E-state index contributed by atoms with van der Waals surface area (Å²) >= 11 is 0. The summed E-state index contributed by atoms with van der Waals surface area (Å²) in [6.07, 6.45) is 3.57. The van der Waals surface area contributed by atoms with Crippen LogP contribution in [0.5, 0.6) is 0 Å². The predicted octanol–water partition coefficient (Wildman–Crippen LogP) is 3.09. The van der Waals surface area contributed by atoms with Gasteiger partial charge < -0.3 is 9.80 Å². The van der Waals surface area contributed by atoms with Crippen molar-refractivity contribution in [1.82, 2.24) is 14.8 Å². The largest absolute Gasteiger partial charge is 0.370 e. The van der Waals surface area contributed by atoms with E-state index in [0.717, 1.165) is 42.5 Å². The first kappa shape index (κ1) is 19.1. The van der Waals surface area contributed by atoms with Gasteiger partial charge in [-0.25, -0.2) is 4.39 Å². The molecule has 4 rings (SSSR count). The Morgan fingerprint density at radius 1 is 1.29 bits per heavy atom. The lowest BCUT2D eigenvalue weighted by Crippen LogP contribution is -2.48. The van der Waals surface area contributed by atoms with E-state index in [1.807, 2.05) is 31.3 Å². The number of halogens is 1. The molecule has 0 N–H and O–H groups in total. The Kier molecular flexibility index (Phi) is 5.49. The Balaban J connectivity index is 1.32. The summed E-state index contributed by atoms with van der Waals surface area (Å²) < 4.78 is 13.5. The number of likely N-dealkylation sites (tertiary alicyclic amines) is 2. The number of anilines is 1. The zero-order valence-corrected chi connectivity index (χ0v) is 16.7. The molecule has 2 aromatic rings. The zero-order valence-electron chi connectivity index (χ0n) is 16.7. The average Bonchev–Trinajstić information content (AvgIpc) is 3.06. The van der Waals surface area contributed by atoms with Crippen LogP contribution in [0.15, 0.2) is 36.5 Å². The van der Waals surface area contributed by atoms with E-state index in [2.05, 4.69) is 34.0 Å². The molecule has 2 aliphatic heterocycles. The van der Waals surface area contributed by atoms with E-state index in [1.54, 1.807) is 4.90 Å². The molecule has 0 saturated carbocycles. The summed E-state index contributed by atoms with van der Waals surface area (Å²) in [4.78, 5) is 23.3. The third-order valence-electron chi connectivity index (χ3n) is 6.29. The highest BCUT2D eigenvalue weighted by atomic mass is 19.1. The number of fused-ring (bicyclic) bond motifs is 1. The maximum atomic E-state index is 13.5. The number of hydrogen-bond acceptors (Lipinski definition) is 4. The maximum absolute atomic E-state index is 13.5. The van der Waals surface area contributed by atoms with E-state index in [9.17, 15) is 9.18 Å². The zero-order chi connectivity index (χ0) is 19.7. The van der Waals surface area contributed by atoms with Crippen molar-refractivity contribution in [2.45, 2.75) is 44.4 Å². The van der Waals surface area contributed by atoms with Crippen LogP contribution in [0.4, 0.5) is 10.1 Å². The highest BCUT2D eigenvalue weighted by Gasteiger charge is 2.33. The van der Waals surface area contributed by atoms with Gasteiger partial charge in [0.1, 0.15) is 6.17 Å². The Bertz CT molecular complexity index is 836. The lowest BCUT2D eigenvalue weighted by atomic mass is 10.0. The predicted molar refractivity (Wildman–Crippen MR) is 110 cm³/mol. The topological polar surface area (TPSA) is 39.7 Å². The molecule has 6 heteroatoms. The molecule has 1 aromatic heterocycles. The normalized spacial score (nSPS) is 24.0. The maximum Gasteiger partial charge on any atom is 0.237 e. The lowest BCUT2D eigenvalue weighted by molar-refractivity contribution is -0.133. The van der Waals surface area contributed by atoms with Crippen LogP contribution in [-0.4, -0.2) is 72.2 Å². The number of aromatic nitrogens is 1. The van der Waals surface area contributed by atoms with Gasteiger partial charge in [-0.1, -0.05) is 18.2 Å². The van der Waals surface area contributed by atoms with Crippen LogP contribution in [-0.2, 0) is 4.79 Å². The smallest absolute Gasteiger partial charge is 0.237 e. The number of para-hydroxylation sites is 1. The first-order valence-corrected chi connectivity index (χ1v) is 10.2. The van der Waals surface area contributed by atoms with E-state index >= 15 is 0 Å². The van der Waals surface area contributed by atoms with Crippen molar-refractivity contribution in [2.24, 2.45) is 0 Å². The van der Waals surface area contributed by atoms with Crippen LogP contribution in [0.1, 0.15) is 26.2 Å². The average molecular weight is 384 g/mol. The van der Waals surface area contributed by atoms with Crippen molar-refractivity contribution in [2.75, 3.05) is 38.1 Å². The Morgan fingerprint density at radius 3 is 2.75 bits per heavy atom. The molecule has 1 amide bonds. The van der Waals surface area contributed by atoms with Gasteiger partial charge in [0, 0.05) is 44.0 Å². The number of carbonyl (C=O) groups excluding carboxylic acids is 1. The van der Waals surface area contributed by atoms with Gasteiger partial charge in [-0.2, -0.15) is 0 Å². The van der Waals surface area contributed by atoms with Gasteiger partial charge >= 0.3 is 0 Å². The second-order valence-electron chi connectivity index (χ2n) is 8.23. The van der Waals surface area contributed by atoms with Crippen LogP contribution < -0.4 is 4.90 Å². The second kappa shape index (κ2) is 8.03. The summed E-state index contributed by atoms with van der Waals surface area (Å²) in [5.41, 5.74) is 2.15. The third kappa shape index (κ3) is 3.97. The Hall–Kier alpha value is -2.21. The summed E-state index contributed by atoms with van der Waals surface area (Å²) in [6, 6.07) is 10.8. The molecule has 1 aromatic carbocycles. The number of pyridine rings is 1. The molecule has 3 heterocycles. The minimum Gasteiger partial charge on any atom is -0.370 e. The van der Waals surface area contributed by atoms with Gasteiger partial charge in [-0.3, -0.25) is 14.7 Å². The lowest BCUT2D eigenvalue weighted by Gasteiger charge is -2.38. The molecule has 28 heavy (non-hydrogen) atoms. The molecule has 2 aliphatic rings. The van der Waals surface area contributed by atoms with E-state index in [-0.39, 0.29) is 18.5 Å². The fourth-order valence-electron chi connectivity index (χ4n) is 4.52. The molecule has 0 radical (unpaired) electrons.